The van der Waals surface area contributed by atoms with Crippen molar-refractivity contribution in [3.05, 3.63) is 235 Å². The molecule has 0 N–H and O–H groups in total. The lowest BCUT2D eigenvalue weighted by molar-refractivity contribution is 0.435. The summed E-state index contributed by atoms with van der Waals surface area (Å²) in [6, 6.07) is 75.5. The van der Waals surface area contributed by atoms with Crippen molar-refractivity contribution in [1.29, 1.82) is 0 Å². The van der Waals surface area contributed by atoms with Crippen molar-refractivity contribution in [2.45, 2.75) is 5.41 Å². The molecule has 0 saturated heterocycles. The molecule has 0 spiro atoms. The fourth-order valence-corrected chi connectivity index (χ4v) is 7.68. The van der Waals surface area contributed by atoms with Gasteiger partial charge < -0.3 is 9.64 Å². The van der Waals surface area contributed by atoms with E-state index in [-0.39, 0.29) is 0 Å². The van der Waals surface area contributed by atoms with Crippen LogP contribution in [0.3, 0.4) is 0 Å². The third kappa shape index (κ3) is 5.29. The third-order valence-electron chi connectivity index (χ3n) is 10.0. The van der Waals surface area contributed by atoms with Crippen LogP contribution in [-0.4, -0.2) is 0 Å². The van der Waals surface area contributed by atoms with E-state index in [9.17, 15) is 0 Å². The number of anilines is 3. The van der Waals surface area contributed by atoms with Gasteiger partial charge in [-0.1, -0.05) is 176 Å². The van der Waals surface area contributed by atoms with Crippen LogP contribution in [0.25, 0.3) is 22.3 Å². The number of benzene rings is 8. The molecule has 8 aromatic carbocycles. The minimum atomic E-state index is -0.608. The number of ether oxygens (including phenoxy) is 1. The van der Waals surface area contributed by atoms with Gasteiger partial charge in [-0.15, -0.1) is 0 Å². The van der Waals surface area contributed by atoms with Crippen molar-refractivity contribution in [3.63, 3.8) is 0 Å². The fraction of sp³-hybridized carbons (Fsp3) is 0.0204. The molecule has 1 aliphatic rings. The molecule has 1 heterocycles. The van der Waals surface area contributed by atoms with Crippen LogP contribution in [-0.2, 0) is 5.41 Å². The largest absolute Gasteiger partial charge is 0.454 e. The molecule has 0 aliphatic carbocycles. The van der Waals surface area contributed by atoms with E-state index in [1.165, 1.54) is 33.4 Å². The molecule has 9 rings (SSSR count). The Morgan fingerprint density at radius 2 is 0.745 bits per heavy atom. The van der Waals surface area contributed by atoms with Crippen LogP contribution in [0.2, 0.25) is 0 Å². The van der Waals surface area contributed by atoms with E-state index in [0.29, 0.717) is 0 Å². The van der Waals surface area contributed by atoms with Gasteiger partial charge in [-0.25, -0.2) is 0 Å². The smallest absolute Gasteiger partial charge is 0.156 e. The number of hydrogen-bond donors (Lipinski definition) is 0. The maximum atomic E-state index is 7.08. The van der Waals surface area contributed by atoms with Gasteiger partial charge in [-0.2, -0.15) is 0 Å². The molecule has 0 atom stereocenters. The van der Waals surface area contributed by atoms with Crippen molar-refractivity contribution in [2.75, 3.05) is 4.90 Å². The summed E-state index contributed by atoms with van der Waals surface area (Å²) in [6.45, 7) is 0. The van der Waals surface area contributed by atoms with Crippen LogP contribution in [0.15, 0.2) is 212 Å². The maximum absolute atomic E-state index is 7.08. The van der Waals surface area contributed by atoms with E-state index in [1.54, 1.807) is 0 Å². The Balaban J connectivity index is 1.28. The molecule has 2 nitrogen and oxygen atoms in total. The highest BCUT2D eigenvalue weighted by Gasteiger charge is 2.46. The first-order valence-electron chi connectivity index (χ1n) is 17.4. The van der Waals surface area contributed by atoms with E-state index < -0.39 is 5.41 Å². The summed E-state index contributed by atoms with van der Waals surface area (Å²) in [5.74, 6) is 1.69. The Labute approximate surface area is 299 Å². The standard InChI is InChI=1S/C49H35NO/c1-5-16-36(17-6-1)38-28-32-42(33-29-38)50(43-34-30-39(31-35-43)37-18-7-2-8-19-37)46-26-15-25-45-48(46)51-47-27-14-13-24-44(47)49(45,40-20-9-3-10-21-40)41-22-11-4-12-23-41/h1-35H. The fourth-order valence-electron chi connectivity index (χ4n) is 7.68. The normalized spacial score (nSPS) is 12.6. The molecule has 0 unspecified atom stereocenters. The average Bonchev–Trinajstić information content (AvgIpc) is 3.22. The Kier molecular flexibility index (Phi) is 7.75. The van der Waals surface area contributed by atoms with Crippen LogP contribution < -0.4 is 9.64 Å². The minimum absolute atomic E-state index is 0.608. The Hall–Kier alpha value is -6.64. The molecule has 242 valence electrons. The first-order valence-corrected chi connectivity index (χ1v) is 17.4. The van der Waals surface area contributed by atoms with Crippen molar-refractivity contribution in [2.24, 2.45) is 0 Å². The molecule has 2 heteroatoms. The summed E-state index contributed by atoms with van der Waals surface area (Å²) in [7, 11) is 0. The van der Waals surface area contributed by atoms with Crippen LogP contribution in [0.5, 0.6) is 11.5 Å². The number of fused-ring (bicyclic) bond motifs is 2. The van der Waals surface area contributed by atoms with Crippen molar-refractivity contribution in [1.82, 2.24) is 0 Å². The number of rotatable bonds is 7. The molecule has 1 aliphatic heterocycles. The second kappa shape index (κ2) is 13.0. The highest BCUT2D eigenvalue weighted by Crippen LogP contribution is 2.58. The summed E-state index contributed by atoms with van der Waals surface area (Å²) in [4.78, 5) is 2.33. The molecule has 0 bridgehead atoms. The average molecular weight is 654 g/mol. The topological polar surface area (TPSA) is 12.5 Å². The van der Waals surface area contributed by atoms with Gasteiger partial charge in [0.15, 0.2) is 5.75 Å². The predicted octanol–water partition coefficient (Wildman–Crippen LogP) is 13.0. The van der Waals surface area contributed by atoms with Crippen molar-refractivity contribution >= 4 is 17.1 Å². The van der Waals surface area contributed by atoms with E-state index in [0.717, 1.165) is 39.7 Å². The van der Waals surface area contributed by atoms with Crippen LogP contribution in [0.1, 0.15) is 22.3 Å². The zero-order valence-corrected chi connectivity index (χ0v) is 28.1. The van der Waals surface area contributed by atoms with E-state index in [1.807, 2.05) is 0 Å². The molecule has 51 heavy (non-hydrogen) atoms. The maximum Gasteiger partial charge on any atom is 0.156 e. The summed E-state index contributed by atoms with van der Waals surface area (Å²) in [5.41, 5.74) is 11.8. The molecular formula is C49H35NO. The SMILES string of the molecule is c1ccc(-c2ccc(N(c3ccc(-c4ccccc4)cc3)c3cccc4c3Oc3ccccc3C4(c3ccccc3)c3ccccc3)cc2)cc1. The lowest BCUT2D eigenvalue weighted by Crippen LogP contribution is -2.34. The van der Waals surface area contributed by atoms with Gasteiger partial charge >= 0.3 is 0 Å². The van der Waals surface area contributed by atoms with Gasteiger partial charge in [0, 0.05) is 22.5 Å². The van der Waals surface area contributed by atoms with Gasteiger partial charge in [0.2, 0.25) is 0 Å². The van der Waals surface area contributed by atoms with Gasteiger partial charge in [-0.05, 0) is 69.8 Å². The highest BCUT2D eigenvalue weighted by molar-refractivity contribution is 5.86. The summed E-state index contributed by atoms with van der Waals surface area (Å²) >= 11 is 0. The van der Waals surface area contributed by atoms with Gasteiger partial charge in [0.1, 0.15) is 5.75 Å². The second-order valence-corrected chi connectivity index (χ2v) is 12.9. The number of nitrogens with zero attached hydrogens (tertiary/aromatic N) is 1. The third-order valence-corrected chi connectivity index (χ3v) is 10.0. The van der Waals surface area contributed by atoms with Gasteiger partial charge in [-0.3, -0.25) is 0 Å². The molecule has 8 aromatic rings. The minimum Gasteiger partial charge on any atom is -0.454 e. The second-order valence-electron chi connectivity index (χ2n) is 12.9. The monoisotopic (exact) mass is 653 g/mol. The number of para-hydroxylation sites is 2. The van der Waals surface area contributed by atoms with Crippen LogP contribution >= 0.6 is 0 Å². The lowest BCUT2D eigenvalue weighted by atomic mass is 9.63. The molecule has 0 aromatic heterocycles. The first kappa shape index (κ1) is 30.4. The predicted molar refractivity (Wildman–Crippen MR) is 210 cm³/mol. The molecule has 0 amide bonds. The van der Waals surface area contributed by atoms with E-state index in [4.69, 9.17) is 4.74 Å². The summed E-state index contributed by atoms with van der Waals surface area (Å²) in [6.07, 6.45) is 0. The first-order chi connectivity index (χ1) is 25.3. The lowest BCUT2D eigenvalue weighted by Gasteiger charge is -2.43. The van der Waals surface area contributed by atoms with Crippen molar-refractivity contribution in [3.8, 4) is 33.8 Å². The zero-order valence-electron chi connectivity index (χ0n) is 28.1. The highest BCUT2D eigenvalue weighted by atomic mass is 16.5. The Bertz CT molecular complexity index is 2280. The Morgan fingerprint density at radius 1 is 0.333 bits per heavy atom. The zero-order chi connectivity index (χ0) is 34.0. The quantitative estimate of drug-likeness (QED) is 0.170. The molecular weight excluding hydrogens is 619 g/mol. The molecule has 0 saturated carbocycles. The van der Waals surface area contributed by atoms with Crippen LogP contribution in [0, 0.1) is 0 Å². The molecule has 0 radical (unpaired) electrons. The van der Waals surface area contributed by atoms with E-state index >= 15 is 0 Å². The number of hydrogen-bond acceptors (Lipinski definition) is 2. The summed E-state index contributed by atoms with van der Waals surface area (Å²) in [5, 5.41) is 0. The van der Waals surface area contributed by atoms with Gasteiger partial charge in [0.25, 0.3) is 0 Å². The van der Waals surface area contributed by atoms with Crippen LogP contribution in [0.4, 0.5) is 17.1 Å². The molecule has 0 fully saturated rings. The summed E-state index contributed by atoms with van der Waals surface area (Å²) < 4.78 is 7.08. The Morgan fingerprint density at radius 3 is 1.25 bits per heavy atom. The van der Waals surface area contributed by atoms with Gasteiger partial charge in [0.05, 0.1) is 11.1 Å². The van der Waals surface area contributed by atoms with E-state index in [2.05, 4.69) is 217 Å². The van der Waals surface area contributed by atoms with Crippen molar-refractivity contribution < 1.29 is 4.74 Å².